The van der Waals surface area contributed by atoms with Crippen molar-refractivity contribution in [2.75, 3.05) is 0 Å². The predicted octanol–water partition coefficient (Wildman–Crippen LogP) is 4.02. The Balaban J connectivity index is 2.05. The van der Waals surface area contributed by atoms with Gasteiger partial charge in [0.05, 0.1) is 23.8 Å². The van der Waals surface area contributed by atoms with Gasteiger partial charge in [-0.1, -0.05) is 33.6 Å². The Kier molecular flexibility index (Phi) is 3.69. The minimum atomic E-state index is -0.0814. The molecule has 0 aliphatic carbocycles. The number of carbonyl (C=O) groups excluding carboxylic acids is 1. The maximum Gasteiger partial charge on any atom is 0.153 e. The van der Waals surface area contributed by atoms with E-state index < -0.39 is 0 Å². The molecule has 2 aromatic carbocycles. The summed E-state index contributed by atoms with van der Waals surface area (Å²) in [5, 5.41) is 15.5. The normalized spacial score (nSPS) is 11.0. The van der Waals surface area contributed by atoms with Crippen molar-refractivity contribution >= 4 is 44.7 Å². The lowest BCUT2D eigenvalue weighted by Gasteiger charge is -2.08. The quantitative estimate of drug-likeness (QED) is 0.713. The van der Waals surface area contributed by atoms with Crippen molar-refractivity contribution in [3.05, 3.63) is 57.2 Å². The van der Waals surface area contributed by atoms with Crippen LogP contribution < -0.4 is 0 Å². The molecule has 0 saturated carbocycles. The van der Waals surface area contributed by atoms with Crippen molar-refractivity contribution in [1.82, 2.24) is 9.78 Å². The van der Waals surface area contributed by atoms with Gasteiger partial charge in [0, 0.05) is 14.9 Å². The third-order valence-corrected chi connectivity index (χ3v) is 4.32. The molecule has 0 aliphatic heterocycles. The highest BCUT2D eigenvalue weighted by Crippen LogP contribution is 2.28. The van der Waals surface area contributed by atoms with Crippen molar-refractivity contribution in [2.24, 2.45) is 0 Å². The van der Waals surface area contributed by atoms with Crippen LogP contribution >= 0.6 is 27.5 Å². The van der Waals surface area contributed by atoms with E-state index in [9.17, 15) is 9.90 Å². The van der Waals surface area contributed by atoms with Gasteiger partial charge in [-0.2, -0.15) is 5.10 Å². The Morgan fingerprint density at radius 2 is 2.19 bits per heavy atom. The summed E-state index contributed by atoms with van der Waals surface area (Å²) in [6, 6.07) is 8.80. The lowest BCUT2D eigenvalue weighted by molar-refractivity contribution is 0.112. The largest absolute Gasteiger partial charge is 0.507 e. The minimum Gasteiger partial charge on any atom is -0.507 e. The van der Waals surface area contributed by atoms with Crippen molar-refractivity contribution < 1.29 is 9.90 Å². The topological polar surface area (TPSA) is 55.1 Å². The molecule has 0 unspecified atom stereocenters. The minimum absolute atomic E-state index is 0.0814. The van der Waals surface area contributed by atoms with Crippen LogP contribution in [0.2, 0.25) is 5.02 Å². The Hall–Kier alpha value is -1.85. The van der Waals surface area contributed by atoms with E-state index in [0.29, 0.717) is 23.4 Å². The van der Waals surface area contributed by atoms with E-state index in [1.54, 1.807) is 10.9 Å². The number of fused-ring (bicyclic) bond motifs is 1. The molecule has 21 heavy (non-hydrogen) atoms. The van der Waals surface area contributed by atoms with E-state index in [2.05, 4.69) is 21.0 Å². The number of benzene rings is 2. The average molecular weight is 366 g/mol. The molecule has 0 bridgehead atoms. The standard InChI is InChI=1S/C15H10BrClN2O2/c16-12-2-1-3-14-11(12)6-18-19(14)7-9-5-15(21)10(8-20)4-13(9)17/h1-6,8,21H,7H2. The lowest BCUT2D eigenvalue weighted by atomic mass is 10.1. The predicted molar refractivity (Wildman–Crippen MR) is 85.0 cm³/mol. The van der Waals surface area contributed by atoms with E-state index >= 15 is 0 Å². The van der Waals surface area contributed by atoms with Crippen LogP contribution in [0.15, 0.2) is 41.0 Å². The second kappa shape index (κ2) is 5.50. The van der Waals surface area contributed by atoms with Crippen LogP contribution in [0.3, 0.4) is 0 Å². The first-order valence-electron chi connectivity index (χ1n) is 6.16. The second-order valence-electron chi connectivity index (χ2n) is 4.60. The zero-order valence-corrected chi connectivity index (χ0v) is 13.1. The number of hydrogen-bond donors (Lipinski definition) is 1. The first-order chi connectivity index (χ1) is 10.1. The number of carbonyl (C=O) groups is 1. The van der Waals surface area contributed by atoms with Gasteiger partial charge in [-0.3, -0.25) is 9.48 Å². The van der Waals surface area contributed by atoms with Gasteiger partial charge < -0.3 is 5.11 Å². The Bertz CT molecular complexity index is 845. The molecule has 3 aromatic rings. The number of aromatic hydroxyl groups is 1. The van der Waals surface area contributed by atoms with E-state index in [0.717, 1.165) is 15.4 Å². The Morgan fingerprint density at radius 3 is 2.95 bits per heavy atom. The molecule has 0 radical (unpaired) electrons. The van der Waals surface area contributed by atoms with Crippen molar-refractivity contribution in [3.8, 4) is 5.75 Å². The lowest BCUT2D eigenvalue weighted by Crippen LogP contribution is -2.02. The van der Waals surface area contributed by atoms with Gasteiger partial charge >= 0.3 is 0 Å². The summed E-state index contributed by atoms with van der Waals surface area (Å²) in [7, 11) is 0. The van der Waals surface area contributed by atoms with E-state index in [1.807, 2.05) is 18.2 Å². The maximum atomic E-state index is 10.8. The highest BCUT2D eigenvalue weighted by atomic mass is 79.9. The molecule has 4 nitrogen and oxygen atoms in total. The number of hydrogen-bond acceptors (Lipinski definition) is 3. The zero-order chi connectivity index (χ0) is 15.0. The van der Waals surface area contributed by atoms with Gasteiger partial charge in [0.1, 0.15) is 5.75 Å². The first kappa shape index (κ1) is 14.1. The number of aromatic nitrogens is 2. The second-order valence-corrected chi connectivity index (χ2v) is 5.86. The van der Waals surface area contributed by atoms with Crippen molar-refractivity contribution in [1.29, 1.82) is 0 Å². The molecule has 0 atom stereocenters. The fraction of sp³-hybridized carbons (Fsp3) is 0.0667. The van der Waals surface area contributed by atoms with Crippen LogP contribution in [0.5, 0.6) is 5.75 Å². The molecule has 0 fully saturated rings. The summed E-state index contributed by atoms with van der Waals surface area (Å²) >= 11 is 9.64. The number of rotatable bonds is 3. The number of aldehydes is 1. The fourth-order valence-corrected chi connectivity index (χ4v) is 2.88. The molecule has 1 aromatic heterocycles. The number of phenols is 1. The van der Waals surface area contributed by atoms with Crippen LogP contribution in [0.1, 0.15) is 15.9 Å². The SMILES string of the molecule is O=Cc1cc(Cl)c(Cn2ncc3c(Br)cccc32)cc1O. The molecule has 0 amide bonds. The number of halogens is 2. The summed E-state index contributed by atoms with van der Waals surface area (Å²) in [5.41, 5.74) is 1.83. The van der Waals surface area contributed by atoms with Crippen molar-refractivity contribution in [3.63, 3.8) is 0 Å². The summed E-state index contributed by atoms with van der Waals surface area (Å²) in [6.07, 6.45) is 2.35. The zero-order valence-electron chi connectivity index (χ0n) is 10.8. The first-order valence-corrected chi connectivity index (χ1v) is 7.34. The summed E-state index contributed by atoms with van der Waals surface area (Å²) < 4.78 is 2.76. The van der Waals surface area contributed by atoms with Crippen LogP contribution in [0, 0.1) is 0 Å². The van der Waals surface area contributed by atoms with E-state index in [1.165, 1.54) is 12.1 Å². The number of nitrogens with zero attached hydrogens (tertiary/aromatic N) is 2. The number of phenolic OH excluding ortho intramolecular Hbond substituents is 1. The van der Waals surface area contributed by atoms with E-state index in [-0.39, 0.29) is 11.3 Å². The fourth-order valence-electron chi connectivity index (χ4n) is 2.19. The molecule has 6 heteroatoms. The molecular weight excluding hydrogens is 356 g/mol. The van der Waals surface area contributed by atoms with E-state index in [4.69, 9.17) is 11.6 Å². The average Bonchev–Trinajstić information content (AvgIpc) is 2.87. The molecule has 1 heterocycles. The van der Waals surface area contributed by atoms with Gasteiger partial charge in [-0.15, -0.1) is 0 Å². The third kappa shape index (κ3) is 2.54. The van der Waals surface area contributed by atoms with Gasteiger partial charge in [-0.25, -0.2) is 0 Å². The molecule has 3 rings (SSSR count). The van der Waals surface area contributed by atoms with Crippen molar-refractivity contribution in [2.45, 2.75) is 6.54 Å². The monoisotopic (exact) mass is 364 g/mol. The molecule has 0 saturated heterocycles. The van der Waals surface area contributed by atoms with Crippen LogP contribution in [-0.2, 0) is 6.54 Å². The summed E-state index contributed by atoms with van der Waals surface area (Å²) in [4.78, 5) is 10.8. The Labute approximate surface area is 134 Å². The molecule has 0 spiro atoms. The maximum absolute atomic E-state index is 10.8. The van der Waals surface area contributed by atoms with Crippen LogP contribution in [-0.4, -0.2) is 21.2 Å². The Morgan fingerprint density at radius 1 is 1.38 bits per heavy atom. The van der Waals surface area contributed by atoms with Crippen LogP contribution in [0.25, 0.3) is 10.9 Å². The highest BCUT2D eigenvalue weighted by Gasteiger charge is 2.11. The third-order valence-electron chi connectivity index (χ3n) is 3.28. The van der Waals surface area contributed by atoms with Gasteiger partial charge in [0.2, 0.25) is 0 Å². The summed E-state index contributed by atoms with van der Waals surface area (Å²) in [6.45, 7) is 0.408. The van der Waals surface area contributed by atoms with Gasteiger partial charge in [0.25, 0.3) is 0 Å². The molecule has 0 aliphatic rings. The highest BCUT2D eigenvalue weighted by molar-refractivity contribution is 9.10. The molecular formula is C15H10BrClN2O2. The summed E-state index contributed by atoms with van der Waals surface area (Å²) in [5.74, 6) is -0.0814. The molecule has 1 N–H and O–H groups in total. The molecule has 106 valence electrons. The van der Waals surface area contributed by atoms with Gasteiger partial charge in [0.15, 0.2) is 6.29 Å². The van der Waals surface area contributed by atoms with Crippen LogP contribution in [0.4, 0.5) is 0 Å². The smallest absolute Gasteiger partial charge is 0.153 e. The van der Waals surface area contributed by atoms with Gasteiger partial charge in [-0.05, 0) is 29.8 Å².